The van der Waals surface area contributed by atoms with Crippen molar-refractivity contribution in [2.45, 2.75) is 19.3 Å². The second kappa shape index (κ2) is 8.14. The third-order valence-corrected chi connectivity index (χ3v) is 1.61. The van der Waals surface area contributed by atoms with Gasteiger partial charge >= 0.3 is 0 Å². The third-order valence-electron chi connectivity index (χ3n) is 1.20. The Bertz CT molecular complexity index is 44.3. The highest BCUT2D eigenvalue weighted by atomic mass is 28.2. The molecule has 0 aromatic carbocycles. The lowest BCUT2D eigenvalue weighted by Crippen LogP contribution is -1.92. The first kappa shape index (κ1) is 9.14. The molecule has 0 unspecified atom stereocenters. The average molecular weight is 148 g/mol. The molecule has 0 aromatic heterocycles. The van der Waals surface area contributed by atoms with Crippen LogP contribution in [0.4, 0.5) is 0 Å². The molecule has 0 bridgehead atoms. The van der Waals surface area contributed by atoms with Gasteiger partial charge in [0, 0.05) is 20.3 Å². The molecule has 0 aromatic rings. The predicted octanol–water partition coefficient (Wildman–Crippen LogP) is 0.100. The van der Waals surface area contributed by atoms with Crippen molar-refractivity contribution in [2.75, 3.05) is 20.3 Å². The van der Waals surface area contributed by atoms with Crippen LogP contribution in [-0.4, -0.2) is 30.8 Å². The Morgan fingerprint density at radius 1 is 1.11 bits per heavy atom. The molecular weight excluding hydrogens is 132 g/mol. The summed E-state index contributed by atoms with van der Waals surface area (Å²) in [6, 6.07) is 0. The lowest BCUT2D eigenvalue weighted by Gasteiger charge is -1.98. The summed E-state index contributed by atoms with van der Waals surface area (Å²) in [6.07, 6.45) is 3.59. The second-order valence-electron chi connectivity index (χ2n) is 2.05. The van der Waals surface area contributed by atoms with Crippen molar-refractivity contribution in [3.63, 3.8) is 0 Å². The topological polar surface area (TPSA) is 18.5 Å². The summed E-state index contributed by atoms with van der Waals surface area (Å²) in [6.45, 7) is 1.83. The molecule has 2 nitrogen and oxygen atoms in total. The SMILES string of the molecule is COCCCCCO[SiH3]. The van der Waals surface area contributed by atoms with E-state index in [-0.39, 0.29) is 0 Å². The smallest absolute Gasteiger partial charge is 0.145 e. The highest BCUT2D eigenvalue weighted by Crippen LogP contribution is 1.94. The minimum absolute atomic E-state index is 0.877. The van der Waals surface area contributed by atoms with Crippen LogP contribution in [0, 0.1) is 0 Å². The van der Waals surface area contributed by atoms with Crippen molar-refractivity contribution in [3.8, 4) is 0 Å². The van der Waals surface area contributed by atoms with E-state index in [0.29, 0.717) is 0 Å². The molecule has 0 spiro atoms. The highest BCUT2D eigenvalue weighted by Gasteiger charge is 1.85. The minimum Gasteiger partial charge on any atom is -0.428 e. The monoisotopic (exact) mass is 148 g/mol. The van der Waals surface area contributed by atoms with Crippen molar-refractivity contribution in [3.05, 3.63) is 0 Å². The van der Waals surface area contributed by atoms with E-state index in [0.717, 1.165) is 23.7 Å². The fourth-order valence-electron chi connectivity index (χ4n) is 0.670. The Morgan fingerprint density at radius 2 is 1.78 bits per heavy atom. The van der Waals surface area contributed by atoms with Crippen molar-refractivity contribution in [1.82, 2.24) is 0 Å². The molecule has 0 amide bonds. The number of methoxy groups -OCH3 is 1. The van der Waals surface area contributed by atoms with Gasteiger partial charge in [-0.3, -0.25) is 0 Å². The van der Waals surface area contributed by atoms with Crippen molar-refractivity contribution in [2.24, 2.45) is 0 Å². The van der Waals surface area contributed by atoms with Crippen LogP contribution in [0.15, 0.2) is 0 Å². The summed E-state index contributed by atoms with van der Waals surface area (Å²) in [5.74, 6) is 0. The zero-order valence-corrected chi connectivity index (χ0v) is 8.35. The zero-order valence-electron chi connectivity index (χ0n) is 6.35. The van der Waals surface area contributed by atoms with Gasteiger partial charge in [0.2, 0.25) is 0 Å². The highest BCUT2D eigenvalue weighted by molar-refractivity contribution is 5.97. The van der Waals surface area contributed by atoms with Gasteiger partial charge in [-0.05, 0) is 19.3 Å². The third kappa shape index (κ3) is 8.14. The van der Waals surface area contributed by atoms with Crippen LogP contribution >= 0.6 is 0 Å². The average Bonchev–Trinajstić information content (AvgIpc) is 1.89. The number of unbranched alkanes of at least 4 members (excludes halogenated alkanes) is 2. The Hall–Kier alpha value is 0.137. The predicted molar refractivity (Wildman–Crippen MR) is 41.6 cm³/mol. The van der Waals surface area contributed by atoms with E-state index in [9.17, 15) is 0 Å². The van der Waals surface area contributed by atoms with Gasteiger partial charge < -0.3 is 9.16 Å². The van der Waals surface area contributed by atoms with Gasteiger partial charge in [0.1, 0.15) is 10.5 Å². The lowest BCUT2D eigenvalue weighted by atomic mass is 10.2. The maximum atomic E-state index is 5.02. The van der Waals surface area contributed by atoms with Crippen molar-refractivity contribution < 1.29 is 9.16 Å². The van der Waals surface area contributed by atoms with Gasteiger partial charge in [-0.2, -0.15) is 0 Å². The van der Waals surface area contributed by atoms with E-state index >= 15 is 0 Å². The molecule has 0 saturated carbocycles. The van der Waals surface area contributed by atoms with Gasteiger partial charge in [0.25, 0.3) is 0 Å². The van der Waals surface area contributed by atoms with E-state index in [1.165, 1.54) is 19.3 Å². The molecule has 0 aliphatic heterocycles. The van der Waals surface area contributed by atoms with E-state index in [1.807, 2.05) is 0 Å². The first-order chi connectivity index (χ1) is 4.41. The number of ether oxygens (including phenoxy) is 1. The quantitative estimate of drug-likeness (QED) is 0.393. The van der Waals surface area contributed by atoms with Gasteiger partial charge in [-0.15, -0.1) is 0 Å². The van der Waals surface area contributed by atoms with E-state index in [2.05, 4.69) is 0 Å². The number of hydrogen-bond donors (Lipinski definition) is 0. The molecule has 0 aliphatic carbocycles. The van der Waals surface area contributed by atoms with Crippen LogP contribution in [-0.2, 0) is 9.16 Å². The number of rotatable bonds is 6. The minimum atomic E-state index is 0.877. The molecule has 0 radical (unpaired) electrons. The van der Waals surface area contributed by atoms with Crippen molar-refractivity contribution in [1.29, 1.82) is 0 Å². The fourth-order valence-corrected chi connectivity index (χ4v) is 0.958. The zero-order chi connectivity index (χ0) is 6.95. The molecule has 0 heterocycles. The molecule has 0 atom stereocenters. The number of hydrogen-bond acceptors (Lipinski definition) is 2. The van der Waals surface area contributed by atoms with Gasteiger partial charge in [-0.25, -0.2) is 0 Å². The van der Waals surface area contributed by atoms with E-state index < -0.39 is 0 Å². The summed E-state index contributed by atoms with van der Waals surface area (Å²) < 4.78 is 9.91. The van der Waals surface area contributed by atoms with Gasteiger partial charge in [-0.1, -0.05) is 0 Å². The van der Waals surface area contributed by atoms with Crippen LogP contribution < -0.4 is 0 Å². The molecule has 0 saturated heterocycles. The maximum absolute atomic E-state index is 5.02. The van der Waals surface area contributed by atoms with Gasteiger partial charge in [0.15, 0.2) is 0 Å². The molecular formula is C6H16O2Si. The maximum Gasteiger partial charge on any atom is 0.145 e. The van der Waals surface area contributed by atoms with Crippen LogP contribution in [0.2, 0.25) is 0 Å². The fraction of sp³-hybridized carbons (Fsp3) is 1.00. The summed E-state index contributed by atoms with van der Waals surface area (Å²) in [4.78, 5) is 0. The van der Waals surface area contributed by atoms with Crippen molar-refractivity contribution >= 4 is 10.5 Å². The first-order valence-electron chi connectivity index (χ1n) is 3.39. The Kier molecular flexibility index (Phi) is 8.26. The van der Waals surface area contributed by atoms with Crippen LogP contribution in [0.1, 0.15) is 19.3 Å². The molecule has 0 fully saturated rings. The molecule has 0 rings (SSSR count). The summed E-state index contributed by atoms with van der Waals surface area (Å²) in [5, 5.41) is 0. The first-order valence-corrected chi connectivity index (χ1v) is 4.21. The molecule has 56 valence electrons. The van der Waals surface area contributed by atoms with Crippen LogP contribution in [0.3, 0.4) is 0 Å². The normalized spacial score (nSPS) is 10.3. The Balaban J connectivity index is 2.60. The standard InChI is InChI=1S/C6H16O2Si/c1-7-5-3-2-4-6-8-9/h2-6H2,1,9H3. The van der Waals surface area contributed by atoms with Crippen LogP contribution in [0.25, 0.3) is 0 Å². The molecule has 9 heavy (non-hydrogen) atoms. The van der Waals surface area contributed by atoms with Gasteiger partial charge in [0.05, 0.1) is 0 Å². The molecule has 0 N–H and O–H groups in total. The Morgan fingerprint density at radius 3 is 2.33 bits per heavy atom. The second-order valence-corrected chi connectivity index (χ2v) is 2.62. The summed E-state index contributed by atoms with van der Waals surface area (Å²) in [7, 11) is 2.62. The summed E-state index contributed by atoms with van der Waals surface area (Å²) >= 11 is 0. The van der Waals surface area contributed by atoms with E-state index in [1.54, 1.807) is 7.11 Å². The molecule has 3 heteroatoms. The molecule has 0 aliphatic rings. The largest absolute Gasteiger partial charge is 0.428 e. The van der Waals surface area contributed by atoms with Crippen LogP contribution in [0.5, 0.6) is 0 Å². The lowest BCUT2D eigenvalue weighted by molar-refractivity contribution is 0.189. The Labute approximate surface area is 60.1 Å². The van der Waals surface area contributed by atoms with E-state index in [4.69, 9.17) is 9.16 Å². The summed E-state index contributed by atoms with van der Waals surface area (Å²) in [5.41, 5.74) is 0.